The van der Waals surface area contributed by atoms with Crippen molar-refractivity contribution in [3.63, 3.8) is 0 Å². The standard InChI is InChI=1S/C11H15NO3S/c13-11(14)6-9-7-12-10(15-9)5-8-1-3-16-4-2-8/h7-8H,1-6H2,(H,13,14). The van der Waals surface area contributed by atoms with Gasteiger partial charge in [-0.1, -0.05) is 0 Å². The molecule has 1 aliphatic rings. The molecule has 2 rings (SSSR count). The Balaban J connectivity index is 1.88. The molecule has 1 aliphatic heterocycles. The molecular weight excluding hydrogens is 226 g/mol. The van der Waals surface area contributed by atoms with Crippen LogP contribution < -0.4 is 0 Å². The van der Waals surface area contributed by atoms with Crippen molar-refractivity contribution in [2.75, 3.05) is 11.5 Å². The van der Waals surface area contributed by atoms with Crippen LogP contribution in [0.3, 0.4) is 0 Å². The minimum atomic E-state index is -0.878. The fraction of sp³-hybridized carbons (Fsp3) is 0.636. The fourth-order valence-corrected chi connectivity index (χ4v) is 3.07. The van der Waals surface area contributed by atoms with Gasteiger partial charge in [-0.25, -0.2) is 4.98 Å². The van der Waals surface area contributed by atoms with E-state index in [1.54, 1.807) is 0 Å². The molecule has 0 unspecified atom stereocenters. The fourth-order valence-electron chi connectivity index (χ4n) is 1.87. The monoisotopic (exact) mass is 241 g/mol. The van der Waals surface area contributed by atoms with E-state index >= 15 is 0 Å². The number of carboxylic acid groups (broad SMARTS) is 1. The lowest BCUT2D eigenvalue weighted by molar-refractivity contribution is -0.136. The molecule has 16 heavy (non-hydrogen) atoms. The second-order valence-electron chi connectivity index (χ2n) is 4.05. The molecule has 88 valence electrons. The lowest BCUT2D eigenvalue weighted by Crippen LogP contribution is -2.12. The molecule has 1 fully saturated rings. The van der Waals surface area contributed by atoms with Gasteiger partial charge in [0.05, 0.1) is 6.20 Å². The van der Waals surface area contributed by atoms with Gasteiger partial charge in [0, 0.05) is 6.42 Å². The smallest absolute Gasteiger partial charge is 0.311 e. The summed E-state index contributed by atoms with van der Waals surface area (Å²) in [4.78, 5) is 14.6. The first kappa shape index (κ1) is 11.5. The molecule has 0 aliphatic carbocycles. The summed E-state index contributed by atoms with van der Waals surface area (Å²) in [6.45, 7) is 0. The topological polar surface area (TPSA) is 63.3 Å². The van der Waals surface area contributed by atoms with Gasteiger partial charge < -0.3 is 9.52 Å². The first-order valence-corrected chi connectivity index (χ1v) is 6.62. The number of oxazole rings is 1. The maximum Gasteiger partial charge on any atom is 0.311 e. The third kappa shape index (κ3) is 3.27. The highest BCUT2D eigenvalue weighted by molar-refractivity contribution is 7.99. The Morgan fingerprint density at radius 1 is 1.56 bits per heavy atom. The van der Waals surface area contributed by atoms with Gasteiger partial charge in [0.25, 0.3) is 0 Å². The average molecular weight is 241 g/mol. The molecule has 4 nitrogen and oxygen atoms in total. The van der Waals surface area contributed by atoms with E-state index in [1.165, 1.54) is 30.5 Å². The normalized spacial score (nSPS) is 17.5. The predicted octanol–water partition coefficient (Wildman–Crippen LogP) is 1.99. The van der Waals surface area contributed by atoms with E-state index in [2.05, 4.69) is 4.98 Å². The van der Waals surface area contributed by atoms with Gasteiger partial charge in [0.15, 0.2) is 5.89 Å². The molecule has 0 bridgehead atoms. The minimum Gasteiger partial charge on any atom is -0.481 e. The lowest BCUT2D eigenvalue weighted by atomic mass is 9.99. The molecule has 0 amide bonds. The Morgan fingerprint density at radius 3 is 3.00 bits per heavy atom. The van der Waals surface area contributed by atoms with Crippen LogP contribution in [-0.4, -0.2) is 27.6 Å². The highest BCUT2D eigenvalue weighted by Gasteiger charge is 2.17. The summed E-state index contributed by atoms with van der Waals surface area (Å²) in [5.74, 6) is 3.34. The summed E-state index contributed by atoms with van der Waals surface area (Å²) in [6.07, 6.45) is 4.72. The highest BCUT2D eigenvalue weighted by Crippen LogP contribution is 2.25. The second-order valence-corrected chi connectivity index (χ2v) is 5.28. The zero-order chi connectivity index (χ0) is 11.4. The van der Waals surface area contributed by atoms with E-state index in [0.717, 1.165) is 6.42 Å². The summed E-state index contributed by atoms with van der Waals surface area (Å²) >= 11 is 1.99. The van der Waals surface area contributed by atoms with Crippen LogP contribution in [0.2, 0.25) is 0 Å². The van der Waals surface area contributed by atoms with Crippen molar-refractivity contribution in [1.29, 1.82) is 0 Å². The van der Waals surface area contributed by atoms with Crippen molar-refractivity contribution >= 4 is 17.7 Å². The SMILES string of the molecule is O=C(O)Cc1cnc(CC2CCSCC2)o1. The average Bonchev–Trinajstić information content (AvgIpc) is 2.66. The van der Waals surface area contributed by atoms with Gasteiger partial charge in [0.2, 0.25) is 0 Å². The van der Waals surface area contributed by atoms with Gasteiger partial charge in [-0.05, 0) is 30.3 Å². The van der Waals surface area contributed by atoms with Crippen LogP contribution in [0.4, 0.5) is 0 Å². The van der Waals surface area contributed by atoms with Gasteiger partial charge in [-0.2, -0.15) is 11.8 Å². The number of carbonyl (C=O) groups is 1. The molecule has 1 aromatic rings. The van der Waals surface area contributed by atoms with Crippen molar-refractivity contribution < 1.29 is 14.3 Å². The zero-order valence-electron chi connectivity index (χ0n) is 9.02. The minimum absolute atomic E-state index is 0.0759. The van der Waals surface area contributed by atoms with E-state index in [-0.39, 0.29) is 6.42 Å². The van der Waals surface area contributed by atoms with E-state index in [0.29, 0.717) is 17.6 Å². The second kappa shape index (κ2) is 5.39. The summed E-state index contributed by atoms with van der Waals surface area (Å²) in [5.41, 5.74) is 0. The number of nitrogens with zero attached hydrogens (tertiary/aromatic N) is 1. The van der Waals surface area contributed by atoms with Gasteiger partial charge in [-0.15, -0.1) is 0 Å². The van der Waals surface area contributed by atoms with E-state index in [4.69, 9.17) is 9.52 Å². The predicted molar refractivity (Wildman–Crippen MR) is 61.6 cm³/mol. The number of hydrogen-bond acceptors (Lipinski definition) is 4. The van der Waals surface area contributed by atoms with Gasteiger partial charge in [0.1, 0.15) is 12.2 Å². The van der Waals surface area contributed by atoms with Crippen LogP contribution in [0, 0.1) is 5.92 Å². The molecule has 2 heterocycles. The van der Waals surface area contributed by atoms with Crippen LogP contribution >= 0.6 is 11.8 Å². The summed E-state index contributed by atoms with van der Waals surface area (Å²) in [6, 6.07) is 0. The summed E-state index contributed by atoms with van der Waals surface area (Å²) in [5, 5.41) is 8.61. The first-order chi connectivity index (χ1) is 7.74. The van der Waals surface area contributed by atoms with E-state index in [9.17, 15) is 4.79 Å². The van der Waals surface area contributed by atoms with Gasteiger partial charge >= 0.3 is 5.97 Å². The summed E-state index contributed by atoms with van der Waals surface area (Å²) < 4.78 is 5.40. The lowest BCUT2D eigenvalue weighted by Gasteiger charge is -2.19. The Bertz CT molecular complexity index is 358. The number of aliphatic carboxylic acids is 1. The maximum atomic E-state index is 10.5. The van der Waals surface area contributed by atoms with Crippen LogP contribution in [0.25, 0.3) is 0 Å². The van der Waals surface area contributed by atoms with E-state index < -0.39 is 5.97 Å². The number of hydrogen-bond donors (Lipinski definition) is 1. The molecule has 5 heteroatoms. The Morgan fingerprint density at radius 2 is 2.31 bits per heavy atom. The molecule has 0 aromatic carbocycles. The third-order valence-corrected chi connectivity index (χ3v) is 3.78. The Kier molecular flexibility index (Phi) is 3.88. The molecular formula is C11H15NO3S. The number of aromatic nitrogens is 1. The largest absolute Gasteiger partial charge is 0.481 e. The van der Waals surface area contributed by atoms with Crippen molar-refractivity contribution in [3.8, 4) is 0 Å². The molecule has 0 saturated carbocycles. The van der Waals surface area contributed by atoms with Crippen LogP contribution in [0.1, 0.15) is 24.5 Å². The molecule has 0 radical (unpaired) electrons. The molecule has 1 N–H and O–H groups in total. The van der Waals surface area contributed by atoms with Crippen molar-refractivity contribution in [3.05, 3.63) is 17.8 Å². The number of carboxylic acids is 1. The molecule has 0 atom stereocenters. The molecule has 0 spiro atoms. The van der Waals surface area contributed by atoms with Crippen molar-refractivity contribution in [1.82, 2.24) is 4.98 Å². The quantitative estimate of drug-likeness (QED) is 0.873. The van der Waals surface area contributed by atoms with Crippen molar-refractivity contribution in [2.24, 2.45) is 5.92 Å². The third-order valence-electron chi connectivity index (χ3n) is 2.73. The van der Waals surface area contributed by atoms with Gasteiger partial charge in [-0.3, -0.25) is 4.79 Å². The molecule has 1 aromatic heterocycles. The van der Waals surface area contributed by atoms with Crippen LogP contribution in [0.5, 0.6) is 0 Å². The Hall–Kier alpha value is -0.970. The number of rotatable bonds is 4. The zero-order valence-corrected chi connectivity index (χ0v) is 9.83. The van der Waals surface area contributed by atoms with Crippen LogP contribution in [0.15, 0.2) is 10.6 Å². The summed E-state index contributed by atoms with van der Waals surface area (Å²) in [7, 11) is 0. The van der Waals surface area contributed by atoms with Crippen LogP contribution in [-0.2, 0) is 17.6 Å². The number of thioether (sulfide) groups is 1. The van der Waals surface area contributed by atoms with E-state index in [1.807, 2.05) is 11.8 Å². The molecule has 1 saturated heterocycles. The Labute approximate surface area is 98.4 Å². The first-order valence-electron chi connectivity index (χ1n) is 5.47. The highest BCUT2D eigenvalue weighted by atomic mass is 32.2. The van der Waals surface area contributed by atoms with Crippen molar-refractivity contribution in [2.45, 2.75) is 25.7 Å². The maximum absolute atomic E-state index is 10.5.